The summed E-state index contributed by atoms with van der Waals surface area (Å²) in [6.45, 7) is 4.09. The van der Waals surface area contributed by atoms with Crippen molar-refractivity contribution in [1.29, 1.82) is 0 Å². The lowest BCUT2D eigenvalue weighted by atomic mass is 9.97. The molecule has 0 saturated carbocycles. The first-order chi connectivity index (χ1) is 18.0. The second-order valence-corrected chi connectivity index (χ2v) is 8.03. The Morgan fingerprint density at radius 2 is 1.50 bits per heavy atom. The molecule has 0 bridgehead atoms. The highest BCUT2D eigenvalue weighted by molar-refractivity contribution is 5.90. The monoisotopic (exact) mass is 534 g/mol. The molecule has 1 aliphatic rings. The average Bonchev–Trinajstić information content (AvgIpc) is 3.32. The highest BCUT2D eigenvalue weighted by atomic mass is 16.7. The van der Waals surface area contributed by atoms with Gasteiger partial charge in [0.25, 0.3) is 5.91 Å². The molecule has 1 aliphatic heterocycles. The van der Waals surface area contributed by atoms with E-state index in [-0.39, 0.29) is 24.7 Å². The topological polar surface area (TPSA) is 200 Å². The summed E-state index contributed by atoms with van der Waals surface area (Å²) in [6.07, 6.45) is -2.18. The predicted molar refractivity (Wildman–Crippen MR) is 120 cm³/mol. The van der Waals surface area contributed by atoms with Crippen molar-refractivity contribution in [3.05, 3.63) is 36.2 Å². The molecule has 0 aromatic carbocycles. The zero-order valence-corrected chi connectivity index (χ0v) is 20.9. The molecule has 3 heterocycles. The Labute approximate surface area is 215 Å². The standard InChI is InChI=1S/C22H26N6O10/c1-11(29)34-10-16-17(35-12(2)30)18(36-13(3)31)19(37-14(4)32)22(38-16)28-9-15(26-27-28)8-25-21(33)20-23-6-5-7-24-20/h5-7,9,16-19,22H,8,10H2,1-4H3,(H,25,33)/t16-,17-,18+,19-,22-/m1/s1. The van der Waals surface area contributed by atoms with Gasteiger partial charge in [0, 0.05) is 40.1 Å². The minimum absolute atomic E-state index is 0.0422. The van der Waals surface area contributed by atoms with Gasteiger partial charge in [-0.25, -0.2) is 14.6 Å². The number of aromatic nitrogens is 5. The van der Waals surface area contributed by atoms with Crippen LogP contribution in [-0.2, 0) is 49.4 Å². The number of rotatable bonds is 9. The van der Waals surface area contributed by atoms with Crippen LogP contribution in [0.25, 0.3) is 0 Å². The molecule has 1 amide bonds. The molecule has 2 aromatic heterocycles. The minimum atomic E-state index is -1.36. The molecule has 0 unspecified atom stereocenters. The highest BCUT2D eigenvalue weighted by Gasteiger charge is 2.53. The van der Waals surface area contributed by atoms with E-state index in [1.807, 2.05) is 0 Å². The van der Waals surface area contributed by atoms with Gasteiger partial charge in [-0.15, -0.1) is 5.10 Å². The Bertz CT molecular complexity index is 1170. The van der Waals surface area contributed by atoms with Crippen LogP contribution in [-0.4, -0.2) is 85.8 Å². The number of amides is 1. The van der Waals surface area contributed by atoms with Gasteiger partial charge in [0.15, 0.2) is 24.5 Å². The summed E-state index contributed by atoms with van der Waals surface area (Å²) in [4.78, 5) is 67.2. The number of carbonyl (C=O) groups excluding carboxylic acids is 5. The van der Waals surface area contributed by atoms with Crippen LogP contribution in [0.2, 0.25) is 0 Å². The summed E-state index contributed by atoms with van der Waals surface area (Å²) in [5, 5.41) is 10.6. The van der Waals surface area contributed by atoms with E-state index in [0.29, 0.717) is 0 Å². The van der Waals surface area contributed by atoms with Gasteiger partial charge in [0.1, 0.15) is 18.4 Å². The van der Waals surface area contributed by atoms with E-state index in [1.54, 1.807) is 6.07 Å². The minimum Gasteiger partial charge on any atom is -0.463 e. The second kappa shape index (κ2) is 12.7. The number of hydrogen-bond acceptors (Lipinski definition) is 14. The summed E-state index contributed by atoms with van der Waals surface area (Å²) >= 11 is 0. The van der Waals surface area contributed by atoms with E-state index >= 15 is 0 Å². The van der Waals surface area contributed by atoms with Crippen LogP contribution in [0.5, 0.6) is 0 Å². The van der Waals surface area contributed by atoms with Gasteiger partial charge in [0.2, 0.25) is 5.82 Å². The van der Waals surface area contributed by atoms with E-state index in [2.05, 4.69) is 25.6 Å². The molecule has 3 rings (SSSR count). The van der Waals surface area contributed by atoms with E-state index in [0.717, 1.165) is 20.8 Å². The smallest absolute Gasteiger partial charge is 0.303 e. The number of ether oxygens (including phenoxy) is 5. The largest absolute Gasteiger partial charge is 0.463 e. The van der Waals surface area contributed by atoms with Crippen LogP contribution < -0.4 is 5.32 Å². The number of nitrogens with zero attached hydrogens (tertiary/aromatic N) is 5. The molecular formula is C22H26N6O10. The molecule has 0 radical (unpaired) electrons. The molecule has 16 nitrogen and oxygen atoms in total. The lowest BCUT2D eigenvalue weighted by Crippen LogP contribution is -2.60. The maximum Gasteiger partial charge on any atom is 0.303 e. The van der Waals surface area contributed by atoms with Gasteiger partial charge in [-0.1, -0.05) is 5.21 Å². The summed E-state index contributed by atoms with van der Waals surface area (Å²) in [6, 6.07) is 1.57. The third-order valence-corrected chi connectivity index (χ3v) is 4.98. The van der Waals surface area contributed by atoms with E-state index in [4.69, 9.17) is 23.7 Å². The van der Waals surface area contributed by atoms with Crippen molar-refractivity contribution < 1.29 is 47.7 Å². The van der Waals surface area contributed by atoms with Crippen molar-refractivity contribution in [3.63, 3.8) is 0 Å². The molecular weight excluding hydrogens is 508 g/mol. The van der Waals surface area contributed by atoms with Crippen molar-refractivity contribution in [2.45, 2.75) is 64.9 Å². The molecule has 38 heavy (non-hydrogen) atoms. The fraction of sp³-hybridized carbons (Fsp3) is 0.500. The molecule has 0 aliphatic carbocycles. The van der Waals surface area contributed by atoms with Gasteiger partial charge in [-0.05, 0) is 6.07 Å². The Morgan fingerprint density at radius 3 is 2.11 bits per heavy atom. The van der Waals surface area contributed by atoms with Crippen molar-refractivity contribution in [1.82, 2.24) is 30.3 Å². The predicted octanol–water partition coefficient (Wildman–Crippen LogP) is -0.746. The van der Waals surface area contributed by atoms with Gasteiger partial charge in [-0.3, -0.25) is 24.0 Å². The van der Waals surface area contributed by atoms with Gasteiger partial charge >= 0.3 is 23.9 Å². The van der Waals surface area contributed by atoms with Crippen LogP contribution >= 0.6 is 0 Å². The lowest BCUT2D eigenvalue weighted by Gasteiger charge is -2.44. The molecule has 2 aromatic rings. The normalized spacial score (nSPS) is 22.6. The zero-order chi connectivity index (χ0) is 27.8. The van der Waals surface area contributed by atoms with Crippen molar-refractivity contribution >= 4 is 29.8 Å². The molecule has 16 heteroatoms. The molecule has 1 saturated heterocycles. The Morgan fingerprint density at radius 1 is 0.895 bits per heavy atom. The molecule has 1 fully saturated rings. The lowest BCUT2D eigenvalue weighted by molar-refractivity contribution is -0.270. The SMILES string of the molecule is CC(=O)OC[C@H]1O[C@@H](n2cc(CNC(=O)c3ncccn3)nn2)[C@H](OC(C)=O)[C@@H](OC(C)=O)[C@@H]1OC(C)=O. The van der Waals surface area contributed by atoms with Gasteiger partial charge in [0.05, 0.1) is 12.7 Å². The number of carbonyl (C=O) groups is 5. The Kier molecular flexibility index (Phi) is 9.37. The first-order valence-electron chi connectivity index (χ1n) is 11.3. The number of hydrogen-bond donors (Lipinski definition) is 1. The quantitative estimate of drug-likeness (QED) is 0.311. The summed E-state index contributed by atoms with van der Waals surface area (Å²) in [5.41, 5.74) is 0.280. The number of esters is 4. The van der Waals surface area contributed by atoms with Crippen LogP contribution in [0.3, 0.4) is 0 Å². The average molecular weight is 534 g/mol. The molecule has 5 atom stereocenters. The Hall–Kier alpha value is -4.47. The highest BCUT2D eigenvalue weighted by Crippen LogP contribution is 2.34. The van der Waals surface area contributed by atoms with Crippen LogP contribution in [0.15, 0.2) is 24.7 Å². The Balaban J connectivity index is 1.89. The summed E-state index contributed by atoms with van der Waals surface area (Å²) in [5.74, 6) is -3.49. The van der Waals surface area contributed by atoms with Gasteiger partial charge < -0.3 is 29.0 Å². The molecule has 0 spiro atoms. The van der Waals surface area contributed by atoms with Crippen molar-refractivity contribution in [3.8, 4) is 0 Å². The van der Waals surface area contributed by atoms with E-state index < -0.39 is 60.4 Å². The summed E-state index contributed by atoms with van der Waals surface area (Å²) < 4.78 is 28.4. The van der Waals surface area contributed by atoms with Gasteiger partial charge in [-0.2, -0.15) is 0 Å². The molecule has 1 N–H and O–H groups in total. The van der Waals surface area contributed by atoms with E-state index in [9.17, 15) is 24.0 Å². The molecule has 204 valence electrons. The van der Waals surface area contributed by atoms with Crippen LogP contribution in [0.4, 0.5) is 0 Å². The third kappa shape index (κ3) is 7.52. The first kappa shape index (κ1) is 28.1. The fourth-order valence-corrected chi connectivity index (χ4v) is 3.60. The zero-order valence-electron chi connectivity index (χ0n) is 20.9. The van der Waals surface area contributed by atoms with Crippen molar-refractivity contribution in [2.75, 3.05) is 6.61 Å². The number of nitrogens with one attached hydrogen (secondary N) is 1. The van der Waals surface area contributed by atoms with E-state index in [1.165, 1.54) is 30.2 Å². The van der Waals surface area contributed by atoms with Crippen molar-refractivity contribution in [2.24, 2.45) is 0 Å². The maximum atomic E-state index is 12.2. The van der Waals surface area contributed by atoms with Crippen LogP contribution in [0, 0.1) is 0 Å². The fourth-order valence-electron chi connectivity index (χ4n) is 3.60. The summed E-state index contributed by atoms with van der Waals surface area (Å²) in [7, 11) is 0. The third-order valence-electron chi connectivity index (χ3n) is 4.98. The first-order valence-corrected chi connectivity index (χ1v) is 11.3. The van der Waals surface area contributed by atoms with Crippen LogP contribution in [0.1, 0.15) is 50.2 Å². The second-order valence-electron chi connectivity index (χ2n) is 8.03. The maximum absolute atomic E-state index is 12.2.